The topological polar surface area (TPSA) is 78.0 Å². The number of nitrogens with two attached hydrogens (primary N) is 1. The molecule has 0 fully saturated rings. The van der Waals surface area contributed by atoms with Gasteiger partial charge in [-0.3, -0.25) is 4.68 Å². The zero-order chi connectivity index (χ0) is 20.5. The lowest BCUT2D eigenvalue weighted by atomic mass is 10.1. The minimum absolute atomic E-state index is 0.0616. The Morgan fingerprint density at radius 3 is 2.36 bits per heavy atom. The van der Waals surface area contributed by atoms with Crippen molar-refractivity contribution in [3.05, 3.63) is 71.4 Å². The molecule has 0 saturated heterocycles. The molecule has 0 radical (unpaired) electrons. The van der Waals surface area contributed by atoms with Gasteiger partial charge in [0.2, 0.25) is 10.0 Å². The first-order chi connectivity index (χ1) is 13.1. The molecule has 3 aromatic rings. The van der Waals surface area contributed by atoms with E-state index in [0.717, 1.165) is 12.1 Å². The van der Waals surface area contributed by atoms with Gasteiger partial charge in [-0.05, 0) is 30.3 Å². The third-order valence-corrected chi connectivity index (χ3v) is 4.84. The van der Waals surface area contributed by atoms with Crippen LogP contribution in [0.5, 0.6) is 0 Å². The van der Waals surface area contributed by atoms with Crippen LogP contribution in [0.2, 0.25) is 0 Å². The molecule has 0 atom stereocenters. The SMILES string of the molecule is Cn1ncc(C#Cc2cccc(S(N)(=O)=O)c2)c1-c1ccc(C(F)(F)F)cc1. The molecular weight excluding hydrogens is 391 g/mol. The van der Waals surface area contributed by atoms with Crippen molar-refractivity contribution >= 4 is 10.0 Å². The Hall–Kier alpha value is -3.09. The highest BCUT2D eigenvalue weighted by molar-refractivity contribution is 7.89. The van der Waals surface area contributed by atoms with Crippen molar-refractivity contribution in [3.63, 3.8) is 0 Å². The fraction of sp³-hybridized carbons (Fsp3) is 0.105. The van der Waals surface area contributed by atoms with Crippen LogP contribution in [0.25, 0.3) is 11.3 Å². The first kappa shape index (κ1) is 19.7. The summed E-state index contributed by atoms with van der Waals surface area (Å²) < 4.78 is 62.6. The van der Waals surface area contributed by atoms with E-state index in [1.807, 2.05) is 0 Å². The molecule has 0 aliphatic carbocycles. The lowest BCUT2D eigenvalue weighted by Crippen LogP contribution is -2.11. The molecule has 5 nitrogen and oxygen atoms in total. The lowest BCUT2D eigenvalue weighted by Gasteiger charge is -2.08. The minimum atomic E-state index is -4.41. The van der Waals surface area contributed by atoms with Crippen molar-refractivity contribution in [1.29, 1.82) is 0 Å². The highest BCUT2D eigenvalue weighted by atomic mass is 32.2. The number of aromatic nitrogens is 2. The van der Waals surface area contributed by atoms with E-state index >= 15 is 0 Å². The third kappa shape index (κ3) is 4.24. The number of alkyl halides is 3. The van der Waals surface area contributed by atoms with E-state index in [0.29, 0.717) is 22.4 Å². The van der Waals surface area contributed by atoms with Crippen LogP contribution >= 0.6 is 0 Å². The van der Waals surface area contributed by atoms with Gasteiger partial charge in [-0.15, -0.1) is 0 Å². The Morgan fingerprint density at radius 2 is 1.75 bits per heavy atom. The van der Waals surface area contributed by atoms with Crippen LogP contribution in [-0.4, -0.2) is 18.2 Å². The molecule has 2 N–H and O–H groups in total. The second-order valence-electron chi connectivity index (χ2n) is 5.93. The van der Waals surface area contributed by atoms with Crippen molar-refractivity contribution in [2.24, 2.45) is 12.2 Å². The third-order valence-electron chi connectivity index (χ3n) is 3.93. The van der Waals surface area contributed by atoms with Crippen LogP contribution in [-0.2, 0) is 23.2 Å². The fourth-order valence-electron chi connectivity index (χ4n) is 2.58. The quantitative estimate of drug-likeness (QED) is 0.666. The molecule has 0 spiro atoms. The van der Waals surface area contributed by atoms with Gasteiger partial charge in [0.25, 0.3) is 0 Å². The summed E-state index contributed by atoms with van der Waals surface area (Å²) in [6.45, 7) is 0. The Balaban J connectivity index is 1.99. The zero-order valence-electron chi connectivity index (χ0n) is 14.5. The Labute approximate surface area is 159 Å². The molecule has 144 valence electrons. The molecule has 0 saturated carbocycles. The standard InChI is InChI=1S/C19H14F3N3O2S/c1-25-18(14-7-9-16(10-8-14)19(20,21)22)15(12-24-25)6-5-13-3-2-4-17(11-13)28(23,26)27/h2-4,7-12H,1H3,(H2,23,26,27). The molecule has 9 heteroatoms. The van der Waals surface area contributed by atoms with Gasteiger partial charge in [0.15, 0.2) is 0 Å². The summed E-state index contributed by atoms with van der Waals surface area (Å²) in [7, 11) is -2.20. The molecule has 0 amide bonds. The van der Waals surface area contributed by atoms with Gasteiger partial charge in [0.1, 0.15) is 0 Å². The van der Waals surface area contributed by atoms with Crippen molar-refractivity contribution in [2.75, 3.05) is 0 Å². The van der Waals surface area contributed by atoms with E-state index in [4.69, 9.17) is 5.14 Å². The first-order valence-corrected chi connectivity index (χ1v) is 9.45. The van der Waals surface area contributed by atoms with Gasteiger partial charge in [-0.25, -0.2) is 13.6 Å². The molecule has 0 bridgehead atoms. The second-order valence-corrected chi connectivity index (χ2v) is 7.49. The summed E-state index contributed by atoms with van der Waals surface area (Å²) in [6, 6.07) is 10.5. The van der Waals surface area contributed by atoms with Gasteiger partial charge in [-0.1, -0.05) is 30.0 Å². The summed E-state index contributed by atoms with van der Waals surface area (Å²) in [4.78, 5) is -0.0616. The second kappa shape index (κ2) is 7.14. The van der Waals surface area contributed by atoms with Crippen molar-refractivity contribution in [3.8, 4) is 23.1 Å². The Morgan fingerprint density at radius 1 is 1.07 bits per heavy atom. The highest BCUT2D eigenvalue weighted by Gasteiger charge is 2.30. The first-order valence-electron chi connectivity index (χ1n) is 7.90. The molecular formula is C19H14F3N3O2S. The number of hydrogen-bond acceptors (Lipinski definition) is 3. The highest BCUT2D eigenvalue weighted by Crippen LogP contribution is 2.31. The number of primary sulfonamides is 1. The lowest BCUT2D eigenvalue weighted by molar-refractivity contribution is -0.137. The van der Waals surface area contributed by atoms with Gasteiger partial charge in [0.05, 0.1) is 27.9 Å². The van der Waals surface area contributed by atoms with E-state index in [9.17, 15) is 21.6 Å². The molecule has 0 aliphatic heterocycles. The monoisotopic (exact) mass is 405 g/mol. The van der Waals surface area contributed by atoms with E-state index in [2.05, 4.69) is 16.9 Å². The average Bonchev–Trinajstić information content (AvgIpc) is 2.99. The molecule has 3 rings (SSSR count). The molecule has 0 unspecified atom stereocenters. The van der Waals surface area contributed by atoms with Gasteiger partial charge in [0, 0.05) is 18.2 Å². The van der Waals surface area contributed by atoms with Crippen molar-refractivity contribution < 1.29 is 21.6 Å². The van der Waals surface area contributed by atoms with Crippen molar-refractivity contribution in [2.45, 2.75) is 11.1 Å². The predicted molar refractivity (Wildman–Crippen MR) is 97.4 cm³/mol. The van der Waals surface area contributed by atoms with Gasteiger partial charge in [-0.2, -0.15) is 18.3 Å². The number of benzene rings is 2. The van der Waals surface area contributed by atoms with Crippen LogP contribution in [0.3, 0.4) is 0 Å². The van der Waals surface area contributed by atoms with Gasteiger partial charge < -0.3 is 0 Å². The molecule has 1 aromatic heterocycles. The summed E-state index contributed by atoms with van der Waals surface area (Å²) in [5.74, 6) is 5.71. The smallest absolute Gasteiger partial charge is 0.267 e. The number of halogens is 3. The largest absolute Gasteiger partial charge is 0.416 e. The normalized spacial score (nSPS) is 11.8. The van der Waals surface area contributed by atoms with E-state index in [1.165, 1.54) is 41.2 Å². The van der Waals surface area contributed by atoms with E-state index < -0.39 is 21.8 Å². The minimum Gasteiger partial charge on any atom is -0.267 e. The van der Waals surface area contributed by atoms with E-state index in [1.54, 1.807) is 13.1 Å². The maximum absolute atomic E-state index is 12.8. The number of sulfonamides is 1. The van der Waals surface area contributed by atoms with Crippen LogP contribution < -0.4 is 5.14 Å². The maximum Gasteiger partial charge on any atom is 0.416 e. The number of aryl methyl sites for hydroxylation is 1. The van der Waals surface area contributed by atoms with Crippen LogP contribution in [0.1, 0.15) is 16.7 Å². The zero-order valence-corrected chi connectivity index (χ0v) is 15.3. The molecule has 28 heavy (non-hydrogen) atoms. The molecule has 1 heterocycles. The van der Waals surface area contributed by atoms with Crippen LogP contribution in [0, 0.1) is 11.8 Å². The average molecular weight is 405 g/mol. The number of rotatable bonds is 2. The molecule has 2 aromatic carbocycles. The summed E-state index contributed by atoms with van der Waals surface area (Å²) in [6.07, 6.45) is -2.93. The fourth-order valence-corrected chi connectivity index (χ4v) is 3.14. The van der Waals surface area contributed by atoms with Crippen molar-refractivity contribution in [1.82, 2.24) is 9.78 Å². The Kier molecular flexibility index (Phi) is 5.02. The van der Waals surface area contributed by atoms with Gasteiger partial charge >= 0.3 is 6.18 Å². The van der Waals surface area contributed by atoms with Crippen LogP contribution in [0.15, 0.2) is 59.6 Å². The maximum atomic E-state index is 12.8. The number of hydrogen-bond donors (Lipinski definition) is 1. The number of nitrogens with zero attached hydrogens (tertiary/aromatic N) is 2. The summed E-state index contributed by atoms with van der Waals surface area (Å²) in [5, 5.41) is 9.22. The summed E-state index contributed by atoms with van der Waals surface area (Å²) in [5.41, 5.74) is 1.24. The predicted octanol–water partition coefficient (Wildman–Crippen LogP) is 3.15. The molecule has 0 aliphatic rings. The van der Waals surface area contributed by atoms with Crippen LogP contribution in [0.4, 0.5) is 13.2 Å². The summed E-state index contributed by atoms with van der Waals surface area (Å²) >= 11 is 0. The van der Waals surface area contributed by atoms with E-state index in [-0.39, 0.29) is 4.90 Å². The Bertz CT molecular complexity index is 1190.